The third-order valence-corrected chi connectivity index (χ3v) is 5.54. The van der Waals surface area contributed by atoms with Gasteiger partial charge in [-0.2, -0.15) is 0 Å². The third kappa shape index (κ3) is 5.61. The first-order valence-electron chi connectivity index (χ1n) is 9.24. The zero-order valence-electron chi connectivity index (χ0n) is 15.6. The number of piperidine rings is 1. The Hall–Kier alpha value is -2.31. The molecule has 2 aromatic carbocycles. The van der Waals surface area contributed by atoms with Gasteiger partial charge in [0.2, 0.25) is 11.8 Å². The van der Waals surface area contributed by atoms with Crippen molar-refractivity contribution in [2.75, 3.05) is 13.1 Å². The van der Waals surface area contributed by atoms with Crippen molar-refractivity contribution in [3.05, 3.63) is 63.9 Å². The van der Waals surface area contributed by atoms with Crippen LogP contribution in [0.15, 0.2) is 42.5 Å². The second-order valence-corrected chi connectivity index (χ2v) is 7.89. The van der Waals surface area contributed by atoms with Gasteiger partial charge in [0.15, 0.2) is 0 Å². The normalized spacial score (nSPS) is 19.1. The molecule has 0 radical (unpaired) electrons. The quantitative estimate of drug-likeness (QED) is 0.744. The minimum absolute atomic E-state index is 0.0788. The van der Waals surface area contributed by atoms with E-state index in [2.05, 4.69) is 0 Å². The fourth-order valence-corrected chi connectivity index (χ4v) is 3.94. The van der Waals surface area contributed by atoms with E-state index in [1.807, 2.05) is 0 Å². The second-order valence-electron chi connectivity index (χ2n) is 7.05. The predicted octanol–water partition coefficient (Wildman–Crippen LogP) is 3.85. The number of primary amides is 1. The zero-order chi connectivity index (χ0) is 21.0. The van der Waals surface area contributed by atoms with E-state index in [1.165, 1.54) is 12.1 Å². The highest BCUT2D eigenvalue weighted by Gasteiger charge is 2.34. The van der Waals surface area contributed by atoms with Crippen LogP contribution in [0.5, 0.6) is 5.75 Å². The molecule has 0 spiro atoms. The average molecular weight is 439 g/mol. The van der Waals surface area contributed by atoms with Gasteiger partial charge in [0.25, 0.3) is 0 Å². The van der Waals surface area contributed by atoms with Crippen molar-refractivity contribution in [2.45, 2.75) is 25.4 Å². The molecule has 2 N–H and O–H groups in total. The van der Waals surface area contributed by atoms with E-state index in [0.29, 0.717) is 30.3 Å². The number of rotatable bonds is 6. The molecule has 1 aliphatic rings. The van der Waals surface area contributed by atoms with Crippen molar-refractivity contribution in [3.63, 3.8) is 0 Å². The molecule has 0 aromatic heterocycles. The van der Waals surface area contributed by atoms with E-state index in [9.17, 15) is 14.0 Å². The molecule has 29 heavy (non-hydrogen) atoms. The number of ether oxygens (including phenoxy) is 1. The topological polar surface area (TPSA) is 72.6 Å². The van der Waals surface area contributed by atoms with E-state index in [-0.39, 0.29) is 41.4 Å². The van der Waals surface area contributed by atoms with Crippen LogP contribution in [-0.4, -0.2) is 35.9 Å². The first kappa shape index (κ1) is 21.4. The lowest BCUT2D eigenvalue weighted by Crippen LogP contribution is -2.49. The minimum atomic E-state index is -0.515. The van der Waals surface area contributed by atoms with Crippen molar-refractivity contribution in [3.8, 4) is 5.75 Å². The molecule has 1 fully saturated rings. The Kier molecular flexibility index (Phi) is 6.98. The molecule has 0 aliphatic carbocycles. The maximum absolute atomic E-state index is 14.0. The first-order chi connectivity index (χ1) is 13.8. The second kappa shape index (κ2) is 9.46. The molecular formula is C21H21Cl2FN2O3. The minimum Gasteiger partial charge on any atom is -0.490 e. The van der Waals surface area contributed by atoms with Gasteiger partial charge in [-0.05, 0) is 30.3 Å². The maximum Gasteiger partial charge on any atom is 0.227 e. The maximum atomic E-state index is 14.0. The molecule has 2 atom stereocenters. The number of hydrogen-bond acceptors (Lipinski definition) is 3. The molecule has 1 saturated heterocycles. The van der Waals surface area contributed by atoms with Crippen LogP contribution >= 0.6 is 23.2 Å². The third-order valence-electron chi connectivity index (χ3n) is 4.95. The van der Waals surface area contributed by atoms with Crippen molar-refractivity contribution in [2.24, 2.45) is 11.7 Å². The Balaban J connectivity index is 1.70. The summed E-state index contributed by atoms with van der Waals surface area (Å²) in [6, 6.07) is 11.3. The summed E-state index contributed by atoms with van der Waals surface area (Å²) in [7, 11) is 0. The van der Waals surface area contributed by atoms with Gasteiger partial charge in [-0.15, -0.1) is 0 Å². The summed E-state index contributed by atoms with van der Waals surface area (Å²) >= 11 is 12.0. The summed E-state index contributed by atoms with van der Waals surface area (Å²) in [4.78, 5) is 25.9. The predicted molar refractivity (Wildman–Crippen MR) is 109 cm³/mol. The average Bonchev–Trinajstić information content (AvgIpc) is 2.65. The van der Waals surface area contributed by atoms with Crippen molar-refractivity contribution < 1.29 is 18.7 Å². The number of halogens is 3. The summed E-state index contributed by atoms with van der Waals surface area (Å²) in [5.41, 5.74) is 5.57. The summed E-state index contributed by atoms with van der Waals surface area (Å²) in [6.07, 6.45) is 0.160. The van der Waals surface area contributed by atoms with Crippen LogP contribution in [0.25, 0.3) is 0 Å². The number of hydrogen-bond donors (Lipinski definition) is 1. The SMILES string of the molecule is NC(=O)C[C@H]1CN(C(=O)Cc2c(F)cccc2Cl)CC[C@@H]1Oc1cccc(Cl)c1. The molecule has 2 aromatic rings. The van der Waals surface area contributed by atoms with Crippen LogP contribution in [0, 0.1) is 11.7 Å². The van der Waals surface area contributed by atoms with Gasteiger partial charge in [-0.1, -0.05) is 35.3 Å². The number of likely N-dealkylation sites (tertiary alicyclic amines) is 1. The Bertz CT molecular complexity index is 889. The van der Waals surface area contributed by atoms with Crippen LogP contribution in [0.4, 0.5) is 4.39 Å². The lowest BCUT2D eigenvalue weighted by Gasteiger charge is -2.38. The fourth-order valence-electron chi connectivity index (χ4n) is 3.53. The molecule has 0 bridgehead atoms. The molecule has 1 heterocycles. The van der Waals surface area contributed by atoms with Crippen molar-refractivity contribution in [1.29, 1.82) is 0 Å². The van der Waals surface area contributed by atoms with E-state index >= 15 is 0 Å². The van der Waals surface area contributed by atoms with E-state index < -0.39 is 11.7 Å². The molecule has 3 rings (SSSR count). The highest BCUT2D eigenvalue weighted by atomic mass is 35.5. The number of amides is 2. The molecule has 1 aliphatic heterocycles. The summed E-state index contributed by atoms with van der Waals surface area (Å²) in [5.74, 6) is -0.928. The Morgan fingerprint density at radius 3 is 2.66 bits per heavy atom. The number of carbonyl (C=O) groups is 2. The lowest BCUT2D eigenvalue weighted by atomic mass is 9.90. The Morgan fingerprint density at radius 2 is 1.97 bits per heavy atom. The van der Waals surface area contributed by atoms with Gasteiger partial charge in [-0.25, -0.2) is 4.39 Å². The van der Waals surface area contributed by atoms with Gasteiger partial charge in [0, 0.05) is 47.5 Å². The van der Waals surface area contributed by atoms with E-state index in [1.54, 1.807) is 35.2 Å². The zero-order valence-corrected chi connectivity index (χ0v) is 17.1. The highest BCUT2D eigenvalue weighted by molar-refractivity contribution is 6.31. The molecule has 5 nitrogen and oxygen atoms in total. The number of nitrogens with zero attached hydrogens (tertiary/aromatic N) is 1. The van der Waals surface area contributed by atoms with Crippen molar-refractivity contribution in [1.82, 2.24) is 4.90 Å². The number of benzene rings is 2. The van der Waals surface area contributed by atoms with Gasteiger partial charge >= 0.3 is 0 Å². The summed E-state index contributed by atoms with van der Waals surface area (Å²) < 4.78 is 20.0. The van der Waals surface area contributed by atoms with Crippen molar-refractivity contribution >= 4 is 35.0 Å². The molecule has 8 heteroatoms. The summed E-state index contributed by atoms with van der Waals surface area (Å²) in [6.45, 7) is 0.713. The molecule has 0 unspecified atom stereocenters. The molecular weight excluding hydrogens is 418 g/mol. The largest absolute Gasteiger partial charge is 0.490 e. The van der Waals surface area contributed by atoms with Crippen LogP contribution in [0.2, 0.25) is 10.0 Å². The molecule has 2 amide bonds. The summed E-state index contributed by atoms with van der Waals surface area (Å²) in [5, 5.41) is 0.759. The van der Waals surface area contributed by atoms with Gasteiger partial charge in [0.05, 0.1) is 6.42 Å². The van der Waals surface area contributed by atoms with E-state index in [0.717, 1.165) is 0 Å². The fraction of sp³-hybridized carbons (Fsp3) is 0.333. The van der Waals surface area contributed by atoms with Crippen LogP contribution in [0.1, 0.15) is 18.4 Å². The van der Waals surface area contributed by atoms with Crippen LogP contribution in [-0.2, 0) is 16.0 Å². The van der Waals surface area contributed by atoms with Gasteiger partial charge in [0.1, 0.15) is 17.7 Å². The molecule has 154 valence electrons. The Morgan fingerprint density at radius 1 is 1.21 bits per heavy atom. The Labute approximate surface area is 178 Å². The molecule has 0 saturated carbocycles. The lowest BCUT2D eigenvalue weighted by molar-refractivity contribution is -0.135. The standard InChI is InChI=1S/C21H21Cl2FN2O3/c22-14-3-1-4-15(10-14)29-19-7-8-26(12-13(19)9-20(25)27)21(28)11-16-17(23)5-2-6-18(16)24/h1-6,10,13,19H,7-9,11-12H2,(H2,25,27)/t13-,19-/m0/s1. The monoisotopic (exact) mass is 438 g/mol. The van der Waals surface area contributed by atoms with E-state index in [4.69, 9.17) is 33.7 Å². The highest BCUT2D eigenvalue weighted by Crippen LogP contribution is 2.28. The first-order valence-corrected chi connectivity index (χ1v) is 10.00. The number of nitrogens with two attached hydrogens (primary N) is 1. The number of carbonyl (C=O) groups excluding carboxylic acids is 2. The van der Waals surface area contributed by atoms with Gasteiger partial charge in [-0.3, -0.25) is 9.59 Å². The van der Waals surface area contributed by atoms with Crippen LogP contribution < -0.4 is 10.5 Å². The van der Waals surface area contributed by atoms with Gasteiger partial charge < -0.3 is 15.4 Å². The smallest absolute Gasteiger partial charge is 0.227 e. The van der Waals surface area contributed by atoms with Crippen LogP contribution in [0.3, 0.4) is 0 Å².